The number of carbonyl (C=O) groups excluding carboxylic acids is 2. The number of benzene rings is 1. The first kappa shape index (κ1) is 18.8. The Balaban J connectivity index is 1.78. The maximum atomic E-state index is 12.3. The van der Waals surface area contributed by atoms with Gasteiger partial charge in [-0.05, 0) is 31.5 Å². The van der Waals surface area contributed by atoms with Gasteiger partial charge in [-0.2, -0.15) is 0 Å². The molecule has 25 heavy (non-hydrogen) atoms. The van der Waals surface area contributed by atoms with Crippen molar-refractivity contribution in [3.05, 3.63) is 29.8 Å². The van der Waals surface area contributed by atoms with Gasteiger partial charge in [0.25, 0.3) is 0 Å². The van der Waals surface area contributed by atoms with E-state index in [1.165, 1.54) is 0 Å². The van der Waals surface area contributed by atoms with Gasteiger partial charge >= 0.3 is 6.03 Å². The molecule has 6 nitrogen and oxygen atoms in total. The molecule has 1 aliphatic rings. The molecule has 0 aliphatic carbocycles. The molecule has 1 aromatic rings. The van der Waals surface area contributed by atoms with E-state index < -0.39 is 0 Å². The van der Waals surface area contributed by atoms with Crippen LogP contribution in [0.2, 0.25) is 0 Å². The van der Waals surface area contributed by atoms with Crippen LogP contribution >= 0.6 is 0 Å². The first-order valence-corrected chi connectivity index (χ1v) is 8.66. The summed E-state index contributed by atoms with van der Waals surface area (Å²) in [7, 11) is 0. The Morgan fingerprint density at radius 2 is 2.00 bits per heavy atom. The molecule has 0 aromatic heterocycles. The van der Waals surface area contributed by atoms with Gasteiger partial charge in [0.2, 0.25) is 5.91 Å². The maximum Gasteiger partial charge on any atom is 0.321 e. The highest BCUT2D eigenvalue weighted by molar-refractivity contribution is 5.89. The summed E-state index contributed by atoms with van der Waals surface area (Å²) in [5.41, 5.74) is 1.42. The number of rotatable bonds is 5. The standard InChI is InChI=1S/C19H26N4O2/c1-4-15(3)20-18(24)14-22-9-11-23(12-10-22)19(25)21-17-8-6-7-16(5-2)13-17/h2,6-8,13,15H,4,9-12,14H2,1,3H3,(H,20,24)(H,21,25). The highest BCUT2D eigenvalue weighted by atomic mass is 16.2. The summed E-state index contributed by atoms with van der Waals surface area (Å²) in [6.45, 7) is 6.98. The predicted molar refractivity (Wildman–Crippen MR) is 99.3 cm³/mol. The van der Waals surface area contributed by atoms with Crippen molar-refractivity contribution in [2.24, 2.45) is 0 Å². The zero-order valence-corrected chi connectivity index (χ0v) is 14.9. The van der Waals surface area contributed by atoms with Gasteiger partial charge in [0.05, 0.1) is 6.54 Å². The third kappa shape index (κ3) is 5.80. The molecule has 3 amide bonds. The molecule has 2 N–H and O–H groups in total. The van der Waals surface area contributed by atoms with Gasteiger partial charge in [-0.3, -0.25) is 9.69 Å². The minimum absolute atomic E-state index is 0.0401. The lowest BCUT2D eigenvalue weighted by Gasteiger charge is -2.34. The van der Waals surface area contributed by atoms with Crippen molar-refractivity contribution in [3.63, 3.8) is 0 Å². The van der Waals surface area contributed by atoms with Crippen LogP contribution in [0, 0.1) is 12.3 Å². The van der Waals surface area contributed by atoms with Crippen LogP contribution in [0.4, 0.5) is 10.5 Å². The fraction of sp³-hybridized carbons (Fsp3) is 0.474. The summed E-state index contributed by atoms with van der Waals surface area (Å²) >= 11 is 0. The lowest BCUT2D eigenvalue weighted by atomic mass is 10.2. The fourth-order valence-corrected chi connectivity index (χ4v) is 2.62. The molecule has 6 heteroatoms. The molecular weight excluding hydrogens is 316 g/mol. The van der Waals surface area contributed by atoms with Crippen LogP contribution in [0.3, 0.4) is 0 Å². The zero-order chi connectivity index (χ0) is 18.2. The number of terminal acetylenes is 1. The minimum atomic E-state index is -0.141. The van der Waals surface area contributed by atoms with E-state index in [1.54, 1.807) is 11.0 Å². The maximum absolute atomic E-state index is 12.3. The summed E-state index contributed by atoms with van der Waals surface area (Å²) in [6.07, 6.45) is 6.29. The molecular formula is C19H26N4O2. The highest BCUT2D eigenvalue weighted by Gasteiger charge is 2.22. The molecule has 1 aliphatic heterocycles. The van der Waals surface area contributed by atoms with Crippen LogP contribution in [0.25, 0.3) is 0 Å². The van der Waals surface area contributed by atoms with E-state index >= 15 is 0 Å². The quantitative estimate of drug-likeness (QED) is 0.801. The molecule has 1 heterocycles. The Kier molecular flexibility index (Phi) is 6.84. The average molecular weight is 342 g/mol. The van der Waals surface area contributed by atoms with Gasteiger partial charge in [0.1, 0.15) is 0 Å². The van der Waals surface area contributed by atoms with E-state index in [2.05, 4.69) is 21.5 Å². The molecule has 0 saturated carbocycles. The van der Waals surface area contributed by atoms with Gasteiger partial charge in [0.15, 0.2) is 0 Å². The average Bonchev–Trinajstić information content (AvgIpc) is 2.62. The number of hydrogen-bond donors (Lipinski definition) is 2. The Hall–Kier alpha value is -2.52. The third-order valence-electron chi connectivity index (χ3n) is 4.33. The van der Waals surface area contributed by atoms with Crippen molar-refractivity contribution >= 4 is 17.6 Å². The zero-order valence-electron chi connectivity index (χ0n) is 14.9. The molecule has 1 atom stereocenters. The normalized spacial score (nSPS) is 16.0. The van der Waals surface area contributed by atoms with Crippen molar-refractivity contribution in [2.75, 3.05) is 38.0 Å². The molecule has 1 unspecified atom stereocenters. The number of urea groups is 1. The largest absolute Gasteiger partial charge is 0.353 e. The number of piperazine rings is 1. The van der Waals surface area contributed by atoms with Crippen molar-refractivity contribution < 1.29 is 9.59 Å². The van der Waals surface area contributed by atoms with E-state index in [0.29, 0.717) is 38.4 Å². The summed E-state index contributed by atoms with van der Waals surface area (Å²) < 4.78 is 0. The molecule has 2 rings (SSSR count). The Morgan fingerprint density at radius 3 is 2.64 bits per heavy atom. The van der Waals surface area contributed by atoms with E-state index in [1.807, 2.05) is 32.0 Å². The van der Waals surface area contributed by atoms with Crippen LogP contribution in [0.5, 0.6) is 0 Å². The second-order valence-corrected chi connectivity index (χ2v) is 6.30. The summed E-state index contributed by atoms with van der Waals surface area (Å²) in [5.74, 6) is 2.59. The molecule has 1 fully saturated rings. The van der Waals surface area contributed by atoms with E-state index in [9.17, 15) is 9.59 Å². The van der Waals surface area contributed by atoms with Crippen molar-refractivity contribution in [1.29, 1.82) is 0 Å². The van der Waals surface area contributed by atoms with Crippen molar-refractivity contribution in [2.45, 2.75) is 26.3 Å². The Bertz CT molecular complexity index is 645. The first-order chi connectivity index (χ1) is 12.0. The lowest BCUT2D eigenvalue weighted by molar-refractivity contribution is -0.123. The number of nitrogens with one attached hydrogen (secondary N) is 2. The molecule has 0 bridgehead atoms. The van der Waals surface area contributed by atoms with Crippen molar-refractivity contribution in [3.8, 4) is 12.3 Å². The summed E-state index contributed by atoms with van der Waals surface area (Å²) in [5, 5.41) is 5.83. The number of amides is 3. The van der Waals surface area contributed by atoms with E-state index in [4.69, 9.17) is 6.42 Å². The Labute approximate surface area is 149 Å². The minimum Gasteiger partial charge on any atom is -0.353 e. The SMILES string of the molecule is C#Cc1cccc(NC(=O)N2CCN(CC(=O)NC(C)CC)CC2)c1. The molecule has 0 radical (unpaired) electrons. The monoisotopic (exact) mass is 342 g/mol. The van der Waals surface area contributed by atoms with E-state index in [0.717, 1.165) is 12.0 Å². The highest BCUT2D eigenvalue weighted by Crippen LogP contribution is 2.11. The lowest BCUT2D eigenvalue weighted by Crippen LogP contribution is -2.52. The third-order valence-corrected chi connectivity index (χ3v) is 4.33. The van der Waals surface area contributed by atoms with Gasteiger partial charge in [-0.15, -0.1) is 6.42 Å². The van der Waals surface area contributed by atoms with Gasteiger partial charge < -0.3 is 15.5 Å². The first-order valence-electron chi connectivity index (χ1n) is 8.66. The number of nitrogens with zero attached hydrogens (tertiary/aromatic N) is 2. The predicted octanol–water partition coefficient (Wildman–Crippen LogP) is 1.73. The second kappa shape index (κ2) is 9.09. The van der Waals surface area contributed by atoms with Crippen LogP contribution in [0.1, 0.15) is 25.8 Å². The second-order valence-electron chi connectivity index (χ2n) is 6.30. The molecule has 1 saturated heterocycles. The van der Waals surface area contributed by atoms with Crippen LogP contribution in [0.15, 0.2) is 24.3 Å². The molecule has 0 spiro atoms. The smallest absolute Gasteiger partial charge is 0.321 e. The van der Waals surface area contributed by atoms with Gasteiger partial charge in [-0.25, -0.2) is 4.79 Å². The van der Waals surface area contributed by atoms with Crippen LogP contribution in [-0.4, -0.2) is 60.5 Å². The number of anilines is 1. The molecule has 1 aromatic carbocycles. The van der Waals surface area contributed by atoms with Gasteiger partial charge in [0, 0.05) is 43.5 Å². The van der Waals surface area contributed by atoms with Crippen LogP contribution < -0.4 is 10.6 Å². The van der Waals surface area contributed by atoms with E-state index in [-0.39, 0.29) is 18.0 Å². The summed E-state index contributed by atoms with van der Waals surface area (Å²) in [6, 6.07) is 7.27. The Morgan fingerprint density at radius 1 is 1.28 bits per heavy atom. The number of carbonyl (C=O) groups is 2. The van der Waals surface area contributed by atoms with Gasteiger partial charge in [-0.1, -0.05) is 18.9 Å². The van der Waals surface area contributed by atoms with Crippen LogP contribution in [-0.2, 0) is 4.79 Å². The van der Waals surface area contributed by atoms with Crippen molar-refractivity contribution in [1.82, 2.24) is 15.1 Å². The fourth-order valence-electron chi connectivity index (χ4n) is 2.62. The number of hydrogen-bond acceptors (Lipinski definition) is 3. The molecule has 134 valence electrons. The summed E-state index contributed by atoms with van der Waals surface area (Å²) in [4.78, 5) is 28.1. The topological polar surface area (TPSA) is 64.7 Å².